The van der Waals surface area contributed by atoms with Crippen LogP contribution in [0.2, 0.25) is 0 Å². The summed E-state index contributed by atoms with van der Waals surface area (Å²) in [5.41, 5.74) is -0.769. The quantitative estimate of drug-likeness (QED) is 0.898. The van der Waals surface area contributed by atoms with Gasteiger partial charge in [0.15, 0.2) is 5.82 Å². The largest absolute Gasteiger partial charge is 0.481 e. The van der Waals surface area contributed by atoms with Gasteiger partial charge in [-0.1, -0.05) is 39.3 Å². The molecular formula is C15H25N3O3. The summed E-state index contributed by atoms with van der Waals surface area (Å²) in [5, 5.41) is 13.5. The molecule has 2 rings (SSSR count). The van der Waals surface area contributed by atoms with Gasteiger partial charge >= 0.3 is 5.97 Å². The molecule has 6 nitrogen and oxygen atoms in total. The van der Waals surface area contributed by atoms with E-state index in [9.17, 15) is 9.90 Å². The summed E-state index contributed by atoms with van der Waals surface area (Å²) in [5.74, 6) is 0.572. The Morgan fingerprint density at radius 3 is 2.71 bits per heavy atom. The highest BCUT2D eigenvalue weighted by molar-refractivity contribution is 5.75. The Labute approximate surface area is 125 Å². The van der Waals surface area contributed by atoms with Crippen molar-refractivity contribution in [3.8, 4) is 0 Å². The van der Waals surface area contributed by atoms with E-state index in [1.807, 2.05) is 27.7 Å². The molecule has 0 spiro atoms. The van der Waals surface area contributed by atoms with E-state index in [2.05, 4.69) is 15.0 Å². The standard InChI is InChI=1S/C15H25N3O3/c1-5-6-15(13(19)20)7-8-18(10-15)9-11-16-12(21-17-11)14(2,3)4/h5-10H2,1-4H3,(H,19,20). The zero-order chi connectivity index (χ0) is 15.7. The monoisotopic (exact) mass is 295 g/mol. The third kappa shape index (κ3) is 3.43. The van der Waals surface area contributed by atoms with Crippen LogP contribution in [0.1, 0.15) is 58.7 Å². The maximum Gasteiger partial charge on any atom is 0.310 e. The molecule has 1 atom stereocenters. The average Bonchev–Trinajstić information content (AvgIpc) is 2.98. The minimum absolute atomic E-state index is 0.163. The average molecular weight is 295 g/mol. The van der Waals surface area contributed by atoms with Gasteiger partial charge < -0.3 is 9.63 Å². The van der Waals surface area contributed by atoms with Gasteiger partial charge in [-0.2, -0.15) is 4.98 Å². The number of carbonyl (C=O) groups is 1. The van der Waals surface area contributed by atoms with Gasteiger partial charge in [0, 0.05) is 12.0 Å². The topological polar surface area (TPSA) is 79.5 Å². The fourth-order valence-electron chi connectivity index (χ4n) is 2.88. The first-order chi connectivity index (χ1) is 9.77. The van der Waals surface area contributed by atoms with E-state index in [1.54, 1.807) is 0 Å². The summed E-state index contributed by atoms with van der Waals surface area (Å²) in [6.45, 7) is 9.99. The first-order valence-electron chi connectivity index (χ1n) is 7.56. The smallest absolute Gasteiger partial charge is 0.310 e. The van der Waals surface area contributed by atoms with Crippen molar-refractivity contribution in [2.24, 2.45) is 5.41 Å². The zero-order valence-electron chi connectivity index (χ0n) is 13.3. The lowest BCUT2D eigenvalue weighted by atomic mass is 9.83. The third-order valence-electron chi connectivity index (χ3n) is 4.09. The van der Waals surface area contributed by atoms with Crippen LogP contribution in [0.5, 0.6) is 0 Å². The maximum atomic E-state index is 11.6. The van der Waals surface area contributed by atoms with Gasteiger partial charge in [-0.05, 0) is 19.4 Å². The van der Waals surface area contributed by atoms with Crippen LogP contribution in [0.25, 0.3) is 0 Å². The first kappa shape index (κ1) is 15.9. The van der Waals surface area contributed by atoms with Gasteiger partial charge in [-0.3, -0.25) is 9.69 Å². The van der Waals surface area contributed by atoms with Crippen molar-refractivity contribution in [3.05, 3.63) is 11.7 Å². The van der Waals surface area contributed by atoms with Crippen molar-refractivity contribution in [2.75, 3.05) is 13.1 Å². The van der Waals surface area contributed by atoms with Gasteiger partial charge in [0.25, 0.3) is 0 Å². The van der Waals surface area contributed by atoms with E-state index in [0.29, 0.717) is 31.2 Å². The number of carboxylic acids is 1. The van der Waals surface area contributed by atoms with Gasteiger partial charge in [-0.25, -0.2) is 0 Å². The third-order valence-corrected chi connectivity index (χ3v) is 4.09. The number of rotatable bonds is 5. The summed E-state index contributed by atoms with van der Waals surface area (Å²) < 4.78 is 5.28. The lowest BCUT2D eigenvalue weighted by Gasteiger charge is -2.23. The van der Waals surface area contributed by atoms with Gasteiger partial charge in [0.05, 0.1) is 12.0 Å². The normalized spacial score (nSPS) is 23.6. The molecule has 21 heavy (non-hydrogen) atoms. The van der Waals surface area contributed by atoms with Crippen LogP contribution in [0.4, 0.5) is 0 Å². The van der Waals surface area contributed by atoms with Crippen LogP contribution in [0.15, 0.2) is 4.52 Å². The molecule has 0 radical (unpaired) electrons. The van der Waals surface area contributed by atoms with E-state index >= 15 is 0 Å². The predicted molar refractivity (Wildman–Crippen MR) is 77.9 cm³/mol. The predicted octanol–water partition coefficient (Wildman–Crippen LogP) is 2.44. The Balaban J connectivity index is 2.02. The highest BCUT2D eigenvalue weighted by Gasteiger charge is 2.44. The zero-order valence-corrected chi connectivity index (χ0v) is 13.3. The molecule has 1 N–H and O–H groups in total. The summed E-state index contributed by atoms with van der Waals surface area (Å²) in [6, 6.07) is 0. The van der Waals surface area contributed by atoms with E-state index < -0.39 is 11.4 Å². The molecule has 1 aliphatic heterocycles. The fraction of sp³-hybridized carbons (Fsp3) is 0.800. The van der Waals surface area contributed by atoms with Crippen LogP contribution in [-0.4, -0.2) is 39.2 Å². The van der Waals surface area contributed by atoms with Crippen LogP contribution in [0.3, 0.4) is 0 Å². The van der Waals surface area contributed by atoms with Gasteiger partial charge in [0.2, 0.25) is 5.89 Å². The Morgan fingerprint density at radius 1 is 1.48 bits per heavy atom. The molecule has 0 aromatic carbocycles. The molecule has 118 valence electrons. The summed E-state index contributed by atoms with van der Waals surface area (Å²) in [4.78, 5) is 18.1. The van der Waals surface area contributed by atoms with E-state index in [-0.39, 0.29) is 5.41 Å². The Bertz CT molecular complexity index is 507. The van der Waals surface area contributed by atoms with Crippen molar-refractivity contribution in [2.45, 2.75) is 58.9 Å². The second-order valence-electron chi connectivity index (χ2n) is 7.06. The highest BCUT2D eigenvalue weighted by Crippen LogP contribution is 2.36. The van der Waals surface area contributed by atoms with Crippen molar-refractivity contribution in [3.63, 3.8) is 0 Å². The second kappa shape index (κ2) is 5.75. The molecule has 0 aliphatic carbocycles. The lowest BCUT2D eigenvalue weighted by molar-refractivity contribution is -0.148. The molecule has 0 bridgehead atoms. The molecule has 1 fully saturated rings. The number of hydrogen-bond acceptors (Lipinski definition) is 5. The molecule has 6 heteroatoms. The molecule has 1 unspecified atom stereocenters. The maximum absolute atomic E-state index is 11.6. The molecule has 1 aliphatic rings. The molecule has 0 saturated carbocycles. The Kier molecular flexibility index (Phi) is 4.37. The minimum atomic E-state index is -0.685. The molecule has 0 amide bonds. The number of nitrogens with zero attached hydrogens (tertiary/aromatic N) is 3. The van der Waals surface area contributed by atoms with E-state index in [4.69, 9.17) is 4.52 Å². The van der Waals surface area contributed by atoms with E-state index in [0.717, 1.165) is 19.4 Å². The highest BCUT2D eigenvalue weighted by atomic mass is 16.5. The minimum Gasteiger partial charge on any atom is -0.481 e. The van der Waals surface area contributed by atoms with Gasteiger partial charge in [0.1, 0.15) is 0 Å². The number of aliphatic carboxylic acids is 1. The van der Waals surface area contributed by atoms with Gasteiger partial charge in [-0.15, -0.1) is 0 Å². The first-order valence-corrected chi connectivity index (χ1v) is 7.56. The fourth-order valence-corrected chi connectivity index (χ4v) is 2.88. The van der Waals surface area contributed by atoms with Crippen molar-refractivity contribution < 1.29 is 14.4 Å². The SMILES string of the molecule is CCCC1(C(=O)O)CCN(Cc2noc(C(C)(C)C)n2)C1. The van der Waals surface area contributed by atoms with Crippen molar-refractivity contribution >= 4 is 5.97 Å². The Morgan fingerprint density at radius 2 is 2.19 bits per heavy atom. The number of aromatic nitrogens is 2. The Hall–Kier alpha value is -1.43. The van der Waals surface area contributed by atoms with Crippen LogP contribution < -0.4 is 0 Å². The van der Waals surface area contributed by atoms with Crippen LogP contribution in [-0.2, 0) is 16.8 Å². The molecular weight excluding hydrogens is 270 g/mol. The van der Waals surface area contributed by atoms with Crippen LogP contribution >= 0.6 is 0 Å². The number of carboxylic acid groups (broad SMARTS) is 1. The lowest BCUT2D eigenvalue weighted by Crippen LogP contribution is -2.34. The summed E-state index contributed by atoms with van der Waals surface area (Å²) in [6.07, 6.45) is 2.30. The number of hydrogen-bond donors (Lipinski definition) is 1. The molecule has 1 aromatic rings. The second-order valence-corrected chi connectivity index (χ2v) is 7.06. The molecule has 1 saturated heterocycles. The van der Waals surface area contributed by atoms with Crippen LogP contribution in [0, 0.1) is 5.41 Å². The number of likely N-dealkylation sites (tertiary alicyclic amines) is 1. The molecule has 1 aromatic heterocycles. The van der Waals surface area contributed by atoms with Crippen molar-refractivity contribution in [1.82, 2.24) is 15.0 Å². The van der Waals surface area contributed by atoms with Crippen molar-refractivity contribution in [1.29, 1.82) is 0 Å². The molecule has 2 heterocycles. The summed E-state index contributed by atoms with van der Waals surface area (Å²) in [7, 11) is 0. The summed E-state index contributed by atoms with van der Waals surface area (Å²) >= 11 is 0. The van der Waals surface area contributed by atoms with E-state index in [1.165, 1.54) is 0 Å².